The highest BCUT2D eigenvalue weighted by molar-refractivity contribution is 7.88. The first kappa shape index (κ1) is 18.8. The third kappa shape index (κ3) is 4.22. The average molecular weight is 402 g/mol. The smallest absolute Gasteiger partial charge is 0.286 e. The lowest BCUT2D eigenvalue weighted by atomic mass is 9.99. The van der Waals surface area contributed by atoms with Crippen molar-refractivity contribution in [3.8, 4) is 0 Å². The molecule has 3 rings (SSSR count). The van der Waals surface area contributed by atoms with Gasteiger partial charge in [0.15, 0.2) is 0 Å². The van der Waals surface area contributed by atoms with Crippen LogP contribution in [0.3, 0.4) is 0 Å². The Labute approximate surface area is 153 Å². The van der Waals surface area contributed by atoms with Gasteiger partial charge in [0.2, 0.25) is 15.0 Å². The zero-order valence-electron chi connectivity index (χ0n) is 13.8. The van der Waals surface area contributed by atoms with E-state index in [0.29, 0.717) is 37.0 Å². The van der Waals surface area contributed by atoms with Crippen molar-refractivity contribution >= 4 is 33.0 Å². The minimum Gasteiger partial charge on any atom is -0.317 e. The summed E-state index contributed by atoms with van der Waals surface area (Å²) in [6, 6.07) is 2.85. The van der Waals surface area contributed by atoms with E-state index < -0.39 is 27.6 Å². The number of anilines is 1. The largest absolute Gasteiger partial charge is 0.317 e. The Morgan fingerprint density at radius 3 is 2.58 bits per heavy atom. The lowest BCUT2D eigenvalue weighted by Gasteiger charge is -2.28. The fraction of sp³-hybridized carbons (Fsp3) is 0.400. The van der Waals surface area contributed by atoms with Crippen molar-refractivity contribution in [3.05, 3.63) is 39.8 Å². The summed E-state index contributed by atoms with van der Waals surface area (Å²) >= 11 is 1.09. The number of aromatic nitrogens is 2. The quantitative estimate of drug-likeness (QED) is 0.847. The molecule has 0 bridgehead atoms. The van der Waals surface area contributed by atoms with E-state index in [0.717, 1.165) is 23.5 Å². The van der Waals surface area contributed by atoms with Gasteiger partial charge in [-0.05, 0) is 25.0 Å². The number of amides is 1. The van der Waals surface area contributed by atoms with Crippen LogP contribution in [-0.2, 0) is 10.0 Å². The van der Waals surface area contributed by atoms with Crippen molar-refractivity contribution in [2.24, 2.45) is 0 Å². The zero-order chi connectivity index (χ0) is 18.9. The number of carbonyl (C=O) groups excluding carboxylic acids is 1. The maximum atomic E-state index is 13.6. The van der Waals surface area contributed by atoms with Gasteiger partial charge in [-0.3, -0.25) is 4.79 Å². The van der Waals surface area contributed by atoms with E-state index in [1.54, 1.807) is 0 Å². The molecule has 0 unspecified atom stereocenters. The highest BCUT2D eigenvalue weighted by Crippen LogP contribution is 2.31. The number of rotatable bonds is 4. The first-order valence-corrected chi connectivity index (χ1v) is 10.5. The Morgan fingerprint density at radius 1 is 1.27 bits per heavy atom. The van der Waals surface area contributed by atoms with Gasteiger partial charge in [0.25, 0.3) is 5.91 Å². The Balaban J connectivity index is 1.65. The van der Waals surface area contributed by atoms with E-state index in [1.165, 1.54) is 10.6 Å². The second-order valence-electron chi connectivity index (χ2n) is 5.96. The summed E-state index contributed by atoms with van der Waals surface area (Å²) in [6.45, 7) is 0.788. The molecule has 0 atom stereocenters. The van der Waals surface area contributed by atoms with Crippen molar-refractivity contribution in [1.82, 2.24) is 14.5 Å². The lowest BCUT2D eigenvalue weighted by molar-refractivity contribution is 0.102. The van der Waals surface area contributed by atoms with Crippen LogP contribution in [0.1, 0.15) is 33.6 Å². The first-order chi connectivity index (χ1) is 12.2. The molecule has 0 radical (unpaired) electrons. The van der Waals surface area contributed by atoms with E-state index in [2.05, 4.69) is 15.5 Å². The number of benzene rings is 1. The third-order valence-corrected chi connectivity index (χ3v) is 6.47. The molecule has 1 aliphatic heterocycles. The molecule has 0 saturated carbocycles. The van der Waals surface area contributed by atoms with Crippen LogP contribution in [0.15, 0.2) is 18.2 Å². The molecule has 0 aliphatic carbocycles. The van der Waals surface area contributed by atoms with Gasteiger partial charge < -0.3 is 5.32 Å². The third-order valence-electron chi connectivity index (χ3n) is 4.09. The Morgan fingerprint density at radius 2 is 1.96 bits per heavy atom. The highest BCUT2D eigenvalue weighted by atomic mass is 32.2. The van der Waals surface area contributed by atoms with Crippen LogP contribution in [0.5, 0.6) is 0 Å². The maximum absolute atomic E-state index is 13.6. The van der Waals surface area contributed by atoms with Gasteiger partial charge in [0.1, 0.15) is 16.6 Å². The SMILES string of the molecule is CS(=O)(=O)N1CCC(c2nnc(C(=O)Nc3ccc(F)cc3F)s2)CC1. The second kappa shape index (κ2) is 7.33. The van der Waals surface area contributed by atoms with Gasteiger partial charge in [-0.2, -0.15) is 0 Å². The molecule has 1 saturated heterocycles. The molecular weight excluding hydrogens is 386 g/mol. The number of sulfonamides is 1. The summed E-state index contributed by atoms with van der Waals surface area (Å²) in [5, 5.41) is 10.9. The van der Waals surface area contributed by atoms with Gasteiger partial charge in [-0.15, -0.1) is 10.2 Å². The number of hydrogen-bond acceptors (Lipinski definition) is 6. The topological polar surface area (TPSA) is 92.3 Å². The molecule has 26 heavy (non-hydrogen) atoms. The predicted molar refractivity (Wildman–Crippen MR) is 92.6 cm³/mol. The number of halogens is 2. The van der Waals surface area contributed by atoms with E-state index in [-0.39, 0.29) is 16.6 Å². The van der Waals surface area contributed by atoms with Gasteiger partial charge >= 0.3 is 0 Å². The monoisotopic (exact) mass is 402 g/mol. The summed E-state index contributed by atoms with van der Waals surface area (Å²) in [7, 11) is -3.21. The number of nitrogens with zero attached hydrogens (tertiary/aromatic N) is 3. The van der Waals surface area contributed by atoms with Crippen molar-refractivity contribution < 1.29 is 22.0 Å². The molecule has 7 nitrogen and oxygen atoms in total. The molecule has 2 aromatic rings. The molecule has 140 valence electrons. The minimum absolute atomic E-state index is 0.0228. The summed E-state index contributed by atoms with van der Waals surface area (Å²) in [6.07, 6.45) is 2.36. The van der Waals surface area contributed by atoms with Gasteiger partial charge in [-0.1, -0.05) is 11.3 Å². The number of carbonyl (C=O) groups is 1. The van der Waals surface area contributed by atoms with Crippen LogP contribution in [-0.4, -0.2) is 48.2 Å². The molecule has 0 spiro atoms. The number of hydrogen-bond donors (Lipinski definition) is 1. The van der Waals surface area contributed by atoms with Gasteiger partial charge in [0.05, 0.1) is 11.9 Å². The number of nitrogens with one attached hydrogen (secondary N) is 1. The molecule has 1 fully saturated rings. The van der Waals surface area contributed by atoms with Crippen molar-refractivity contribution in [3.63, 3.8) is 0 Å². The fourth-order valence-electron chi connectivity index (χ4n) is 2.69. The molecule has 2 heterocycles. The first-order valence-electron chi connectivity index (χ1n) is 7.79. The minimum atomic E-state index is -3.21. The molecule has 11 heteroatoms. The van der Waals surface area contributed by atoms with E-state index in [9.17, 15) is 22.0 Å². The van der Waals surface area contributed by atoms with E-state index >= 15 is 0 Å². The van der Waals surface area contributed by atoms with Crippen molar-refractivity contribution in [2.45, 2.75) is 18.8 Å². The number of piperidine rings is 1. The van der Waals surface area contributed by atoms with Crippen LogP contribution in [0.25, 0.3) is 0 Å². The summed E-state index contributed by atoms with van der Waals surface area (Å²) in [4.78, 5) is 12.2. The van der Waals surface area contributed by atoms with Crippen LogP contribution in [0, 0.1) is 11.6 Å². The highest BCUT2D eigenvalue weighted by Gasteiger charge is 2.28. The maximum Gasteiger partial charge on any atom is 0.286 e. The van der Waals surface area contributed by atoms with Crippen molar-refractivity contribution in [1.29, 1.82) is 0 Å². The van der Waals surface area contributed by atoms with Crippen LogP contribution < -0.4 is 5.32 Å². The Kier molecular flexibility index (Phi) is 5.30. The Hall–Kier alpha value is -1.98. The van der Waals surface area contributed by atoms with Crippen LogP contribution in [0.2, 0.25) is 0 Å². The zero-order valence-corrected chi connectivity index (χ0v) is 15.4. The molecule has 1 amide bonds. The standard InChI is InChI=1S/C15H16F2N4O3S2/c1-26(23,24)21-6-4-9(5-7-21)14-19-20-15(25-14)13(22)18-12-3-2-10(16)8-11(12)17/h2-3,8-9H,4-7H2,1H3,(H,18,22). The molecule has 1 aromatic heterocycles. The fourth-order valence-corrected chi connectivity index (χ4v) is 4.47. The summed E-state index contributed by atoms with van der Waals surface area (Å²) in [5.74, 6) is -2.22. The predicted octanol–water partition coefficient (Wildman–Crippen LogP) is 2.21. The van der Waals surface area contributed by atoms with Crippen LogP contribution >= 0.6 is 11.3 Å². The normalized spacial score (nSPS) is 16.6. The average Bonchev–Trinajstić information content (AvgIpc) is 3.07. The Bertz CT molecular complexity index is 925. The second-order valence-corrected chi connectivity index (χ2v) is 8.95. The van der Waals surface area contributed by atoms with Gasteiger partial charge in [0, 0.05) is 25.1 Å². The van der Waals surface area contributed by atoms with Gasteiger partial charge in [-0.25, -0.2) is 21.5 Å². The lowest BCUT2D eigenvalue weighted by Crippen LogP contribution is -2.37. The van der Waals surface area contributed by atoms with Crippen molar-refractivity contribution in [2.75, 3.05) is 24.7 Å². The molecular formula is C15H16F2N4O3S2. The summed E-state index contributed by atoms with van der Waals surface area (Å²) < 4.78 is 51.0. The van der Waals surface area contributed by atoms with Crippen LogP contribution in [0.4, 0.5) is 14.5 Å². The van der Waals surface area contributed by atoms with E-state index in [1.807, 2.05) is 0 Å². The summed E-state index contributed by atoms with van der Waals surface area (Å²) in [5.41, 5.74) is -0.144. The molecule has 1 aromatic carbocycles. The molecule has 1 N–H and O–H groups in total. The molecule has 1 aliphatic rings. The van der Waals surface area contributed by atoms with E-state index in [4.69, 9.17) is 0 Å².